The molecule has 2 bridgehead atoms. The van der Waals surface area contributed by atoms with Crippen molar-refractivity contribution in [1.82, 2.24) is 54.3 Å². The number of rotatable bonds is 9. The minimum atomic E-state index is 0.688. The summed E-state index contributed by atoms with van der Waals surface area (Å²) in [5.74, 6) is 4.84. The Bertz CT molecular complexity index is 1190. The fraction of sp³-hybridized carbons (Fsp3) is 1.00. The molecule has 1 N–H and O–H groups in total. The summed E-state index contributed by atoms with van der Waals surface area (Å²) in [4.78, 5) is 25.6. The SMILES string of the molecule is CC(C)N(C)C1CN2CCC1CC2.CC(C)N(C)CCN1CCCC1.CC(C)N1CCN2CCN(C)CC2C1.CC(C)N1C[C@H]2CN(C)C[C@H]2C1.CC(C)N1C[C@H]2CNC[C@H]2C1. The fourth-order valence-corrected chi connectivity index (χ4v) is 11.9. The maximum absolute atomic E-state index is 3.46. The Balaban J connectivity index is 0.000000147. The van der Waals surface area contributed by atoms with Gasteiger partial charge in [-0.1, -0.05) is 0 Å². The van der Waals surface area contributed by atoms with E-state index in [1.807, 2.05) is 0 Å². The highest BCUT2D eigenvalue weighted by Crippen LogP contribution is 2.32. The van der Waals surface area contributed by atoms with Crippen LogP contribution in [0.25, 0.3) is 0 Å². The summed E-state index contributed by atoms with van der Waals surface area (Å²) in [6.45, 7) is 50.2. The van der Waals surface area contributed by atoms with Crippen molar-refractivity contribution >= 4 is 0 Å². The second kappa shape index (κ2) is 25.6. The van der Waals surface area contributed by atoms with E-state index in [0.717, 1.165) is 53.8 Å². The van der Waals surface area contributed by atoms with Gasteiger partial charge in [0.25, 0.3) is 0 Å². The predicted octanol–water partition coefficient (Wildman–Crippen LogP) is 4.60. The maximum atomic E-state index is 3.46. The molecule has 10 rings (SSSR count). The number of likely N-dealkylation sites (tertiary alicyclic amines) is 4. The van der Waals surface area contributed by atoms with Crippen LogP contribution in [0.5, 0.6) is 0 Å². The van der Waals surface area contributed by atoms with Gasteiger partial charge in [0, 0.05) is 140 Å². The van der Waals surface area contributed by atoms with E-state index in [1.54, 1.807) is 0 Å². The van der Waals surface area contributed by atoms with Gasteiger partial charge in [0.1, 0.15) is 0 Å². The molecule has 11 nitrogen and oxygen atoms in total. The van der Waals surface area contributed by atoms with Crippen molar-refractivity contribution in [2.75, 3.05) is 166 Å². The lowest BCUT2D eigenvalue weighted by Crippen LogP contribution is -2.62. The zero-order chi connectivity index (χ0) is 45.1. The second-order valence-corrected chi connectivity index (χ2v) is 23.1. The minimum Gasteiger partial charge on any atom is -0.316 e. The van der Waals surface area contributed by atoms with Crippen molar-refractivity contribution in [1.29, 1.82) is 0 Å². The Kier molecular flexibility index (Phi) is 21.7. The Morgan fingerprint density at radius 2 is 1.03 bits per heavy atom. The van der Waals surface area contributed by atoms with E-state index in [-0.39, 0.29) is 0 Å². The molecule has 0 amide bonds. The van der Waals surface area contributed by atoms with Crippen molar-refractivity contribution in [3.05, 3.63) is 0 Å². The molecule has 10 aliphatic rings. The zero-order valence-corrected chi connectivity index (χ0v) is 43.6. The van der Waals surface area contributed by atoms with E-state index in [0.29, 0.717) is 18.1 Å². The van der Waals surface area contributed by atoms with Gasteiger partial charge in [-0.3, -0.25) is 14.7 Å². The Morgan fingerprint density at radius 1 is 0.500 bits per heavy atom. The lowest BCUT2D eigenvalue weighted by atomic mass is 9.83. The van der Waals surface area contributed by atoms with E-state index in [4.69, 9.17) is 0 Å². The molecule has 0 aliphatic carbocycles. The predicted molar refractivity (Wildman–Crippen MR) is 267 cm³/mol. The van der Waals surface area contributed by atoms with Gasteiger partial charge in [0.05, 0.1) is 0 Å². The number of fused-ring (bicyclic) bond motifs is 6. The zero-order valence-electron chi connectivity index (χ0n) is 43.6. The fourth-order valence-electron chi connectivity index (χ4n) is 11.9. The van der Waals surface area contributed by atoms with E-state index < -0.39 is 0 Å². The standard InChI is InChI=1S/C11H23N3.C11H22N2.C10H20N2.C10H22N2.C9H18N2/c1-10(2)14-7-6-13-5-4-12(3)8-11(13)9-14;1-9(2)12(3)11-8-13-6-4-10(11)5-7-13;1-8(2)12-6-9-4-11(3)5-10(9)7-12;1-10(2)11(3)8-9-12-6-4-5-7-12;1-7(2)11-5-8-3-10-4-9(8)6-11/h10-11H,4-9H2,1-3H3;9-11H,4-8H2,1-3H3;8-10H,4-7H2,1-3H3;10H,4-9H2,1-3H3;7-10H,3-6H2,1-2H3/t;;9-,10+;;8-,9+. The largest absolute Gasteiger partial charge is 0.316 e. The quantitative estimate of drug-likeness (QED) is 0.354. The summed E-state index contributed by atoms with van der Waals surface area (Å²) in [7, 11) is 8.99. The van der Waals surface area contributed by atoms with Crippen LogP contribution in [0, 0.1) is 29.6 Å². The summed E-state index contributed by atoms with van der Waals surface area (Å²) in [6.07, 6.45) is 5.68. The number of nitrogens with one attached hydrogen (secondary N) is 1. The summed E-state index contributed by atoms with van der Waals surface area (Å²) < 4.78 is 0. The first-order valence-electron chi connectivity index (χ1n) is 26.4. The molecule has 10 saturated heterocycles. The summed E-state index contributed by atoms with van der Waals surface area (Å²) in [5.41, 5.74) is 0. The van der Waals surface area contributed by atoms with Gasteiger partial charge >= 0.3 is 0 Å². The lowest BCUT2D eigenvalue weighted by Gasteiger charge is -2.49. The first-order chi connectivity index (χ1) is 29.5. The molecule has 2 unspecified atom stereocenters. The van der Waals surface area contributed by atoms with E-state index in [2.05, 4.69) is 152 Å². The molecule has 10 fully saturated rings. The molecule has 62 heavy (non-hydrogen) atoms. The number of nitrogens with zero attached hydrogens (tertiary/aromatic N) is 10. The number of hydrogen-bond acceptors (Lipinski definition) is 11. The Labute approximate surface area is 385 Å². The van der Waals surface area contributed by atoms with Crippen molar-refractivity contribution in [3.8, 4) is 0 Å². The smallest absolute Gasteiger partial charge is 0.0351 e. The molecule has 364 valence electrons. The second-order valence-electron chi connectivity index (χ2n) is 23.1. The maximum Gasteiger partial charge on any atom is 0.0351 e. The molecule has 11 heteroatoms. The van der Waals surface area contributed by atoms with Gasteiger partial charge in [-0.2, -0.15) is 0 Å². The number of likely N-dealkylation sites (N-methyl/N-ethyl adjacent to an activating group) is 3. The van der Waals surface area contributed by atoms with Crippen LogP contribution in [-0.2, 0) is 0 Å². The average Bonchev–Trinajstić information content (AvgIpc) is 4.09. The van der Waals surface area contributed by atoms with Crippen LogP contribution in [0.2, 0.25) is 0 Å². The van der Waals surface area contributed by atoms with Gasteiger partial charge in [0.2, 0.25) is 0 Å². The molecule has 0 radical (unpaired) electrons. The molecule has 0 spiro atoms. The van der Waals surface area contributed by atoms with Crippen LogP contribution in [0.1, 0.15) is 94.9 Å². The van der Waals surface area contributed by atoms with Gasteiger partial charge in [-0.25, -0.2) is 0 Å². The number of hydrogen-bond donors (Lipinski definition) is 1. The third kappa shape index (κ3) is 15.8. The third-order valence-electron chi connectivity index (χ3n) is 17.0. The van der Waals surface area contributed by atoms with Crippen LogP contribution < -0.4 is 5.32 Å². The summed E-state index contributed by atoms with van der Waals surface area (Å²) >= 11 is 0. The molecular weight excluding hydrogens is 767 g/mol. The lowest BCUT2D eigenvalue weighted by molar-refractivity contribution is 0.00479. The summed E-state index contributed by atoms with van der Waals surface area (Å²) in [6, 6.07) is 5.22. The Morgan fingerprint density at radius 3 is 1.52 bits per heavy atom. The Hall–Kier alpha value is -0.440. The van der Waals surface area contributed by atoms with E-state index >= 15 is 0 Å². The highest BCUT2D eigenvalue weighted by Gasteiger charge is 2.40. The van der Waals surface area contributed by atoms with Crippen LogP contribution in [-0.4, -0.2) is 257 Å². The highest BCUT2D eigenvalue weighted by molar-refractivity contribution is 4.95. The van der Waals surface area contributed by atoms with Gasteiger partial charge in [0.15, 0.2) is 0 Å². The van der Waals surface area contributed by atoms with Gasteiger partial charge in [-0.05, 0) is 192 Å². The number of piperidine rings is 3. The van der Waals surface area contributed by atoms with E-state index in [1.165, 1.54) is 163 Å². The van der Waals surface area contributed by atoms with Crippen LogP contribution in [0.3, 0.4) is 0 Å². The molecule has 0 aromatic rings. The van der Waals surface area contributed by atoms with Crippen LogP contribution >= 0.6 is 0 Å². The summed E-state index contributed by atoms with van der Waals surface area (Å²) in [5, 5.41) is 3.46. The van der Waals surface area contributed by atoms with Crippen LogP contribution in [0.15, 0.2) is 0 Å². The topological polar surface area (TPSA) is 44.4 Å². The minimum absolute atomic E-state index is 0.688. The molecule has 10 aliphatic heterocycles. The molecule has 6 atom stereocenters. The van der Waals surface area contributed by atoms with Gasteiger partial charge in [-0.15, -0.1) is 0 Å². The normalized spacial score (nSPS) is 33.4. The van der Waals surface area contributed by atoms with Crippen LogP contribution in [0.4, 0.5) is 0 Å². The average molecular weight is 872 g/mol. The molecule has 0 saturated carbocycles. The van der Waals surface area contributed by atoms with E-state index in [9.17, 15) is 0 Å². The molecule has 10 heterocycles. The van der Waals surface area contributed by atoms with Crippen molar-refractivity contribution in [3.63, 3.8) is 0 Å². The van der Waals surface area contributed by atoms with Crippen molar-refractivity contribution in [2.24, 2.45) is 29.6 Å². The molecular formula is C51H105N11. The molecule has 0 aromatic carbocycles. The monoisotopic (exact) mass is 872 g/mol. The number of piperazine rings is 2. The third-order valence-corrected chi connectivity index (χ3v) is 17.0. The van der Waals surface area contributed by atoms with Crippen molar-refractivity contribution < 1.29 is 0 Å². The first-order valence-corrected chi connectivity index (χ1v) is 26.4. The first kappa shape index (κ1) is 52.5. The van der Waals surface area contributed by atoms with Gasteiger partial charge < -0.3 is 39.6 Å². The molecule has 0 aromatic heterocycles. The van der Waals surface area contributed by atoms with Crippen molar-refractivity contribution in [2.45, 2.75) is 137 Å². The highest BCUT2D eigenvalue weighted by atomic mass is 15.3.